The second kappa shape index (κ2) is 6.65. The first kappa shape index (κ1) is 15.4. The van der Waals surface area contributed by atoms with Gasteiger partial charge in [-0.05, 0) is 38.4 Å². The van der Waals surface area contributed by atoms with Crippen LogP contribution in [-0.2, 0) is 6.54 Å². The average molecular weight is 342 g/mol. The van der Waals surface area contributed by atoms with Gasteiger partial charge in [0.25, 0.3) is 5.69 Å². The van der Waals surface area contributed by atoms with E-state index in [4.69, 9.17) is 0 Å². The van der Waals surface area contributed by atoms with Gasteiger partial charge in [-0.1, -0.05) is 15.9 Å². The van der Waals surface area contributed by atoms with Crippen LogP contribution in [0.4, 0.5) is 5.69 Å². The summed E-state index contributed by atoms with van der Waals surface area (Å²) in [6.07, 6.45) is 2.61. The summed E-state index contributed by atoms with van der Waals surface area (Å²) < 4.78 is 0.742. The molecule has 20 heavy (non-hydrogen) atoms. The van der Waals surface area contributed by atoms with Crippen LogP contribution >= 0.6 is 15.9 Å². The molecule has 1 aliphatic rings. The van der Waals surface area contributed by atoms with Crippen molar-refractivity contribution in [2.24, 2.45) is 0 Å². The molecule has 0 spiro atoms. The Hall–Kier alpha value is -0.980. The molecular weight excluding hydrogens is 322 g/mol. The number of rotatable bonds is 7. The Morgan fingerprint density at radius 3 is 2.80 bits per heavy atom. The first-order chi connectivity index (χ1) is 9.47. The molecule has 0 amide bonds. The number of nitrogens with one attached hydrogen (secondary N) is 1. The first-order valence-corrected chi connectivity index (χ1v) is 7.63. The molecule has 0 saturated heterocycles. The minimum atomic E-state index is -0.363. The Morgan fingerprint density at radius 1 is 1.50 bits per heavy atom. The van der Waals surface area contributed by atoms with Gasteiger partial charge in [0.15, 0.2) is 0 Å². The van der Waals surface area contributed by atoms with Crippen molar-refractivity contribution in [3.8, 4) is 0 Å². The summed E-state index contributed by atoms with van der Waals surface area (Å²) in [6.45, 7) is 3.73. The van der Waals surface area contributed by atoms with Crippen LogP contribution in [0.15, 0.2) is 22.7 Å². The number of likely N-dealkylation sites (N-methyl/N-ethyl adjacent to an activating group) is 1. The number of halogens is 1. The van der Waals surface area contributed by atoms with E-state index in [0.29, 0.717) is 12.6 Å². The number of hydrogen-bond donors (Lipinski definition) is 1. The van der Waals surface area contributed by atoms with Crippen molar-refractivity contribution < 1.29 is 4.92 Å². The van der Waals surface area contributed by atoms with E-state index >= 15 is 0 Å². The number of nitro groups is 1. The lowest BCUT2D eigenvalue weighted by atomic mass is 10.2. The fourth-order valence-electron chi connectivity index (χ4n) is 2.25. The van der Waals surface area contributed by atoms with E-state index in [0.717, 1.165) is 22.6 Å². The van der Waals surface area contributed by atoms with Crippen molar-refractivity contribution in [1.29, 1.82) is 0 Å². The van der Waals surface area contributed by atoms with Crippen LogP contribution in [-0.4, -0.2) is 35.5 Å². The quantitative estimate of drug-likeness (QED) is 0.611. The largest absolute Gasteiger partial charge is 0.311 e. The first-order valence-electron chi connectivity index (χ1n) is 6.84. The maximum Gasteiger partial charge on any atom is 0.270 e. The summed E-state index contributed by atoms with van der Waals surface area (Å²) in [5, 5.41) is 14.2. The summed E-state index contributed by atoms with van der Waals surface area (Å²) in [6, 6.07) is 6.28. The number of nitrogens with zero attached hydrogens (tertiary/aromatic N) is 2. The fourth-order valence-corrected chi connectivity index (χ4v) is 2.78. The minimum absolute atomic E-state index is 0.124. The fraction of sp³-hybridized carbons (Fsp3) is 0.571. The Balaban J connectivity index is 1.85. The molecule has 0 aromatic heterocycles. The predicted octanol–water partition coefficient (Wildman–Crippen LogP) is 2.93. The monoisotopic (exact) mass is 341 g/mol. The van der Waals surface area contributed by atoms with Gasteiger partial charge in [-0.3, -0.25) is 15.0 Å². The molecule has 2 rings (SSSR count). The Labute approximate surface area is 127 Å². The van der Waals surface area contributed by atoms with Crippen molar-refractivity contribution in [3.63, 3.8) is 0 Å². The molecule has 1 saturated carbocycles. The predicted molar refractivity (Wildman–Crippen MR) is 82.8 cm³/mol. The highest BCUT2D eigenvalue weighted by atomic mass is 79.9. The van der Waals surface area contributed by atoms with Gasteiger partial charge in [-0.15, -0.1) is 0 Å². The Bertz CT molecular complexity index is 491. The molecule has 1 N–H and O–H groups in total. The van der Waals surface area contributed by atoms with Crippen LogP contribution in [0.1, 0.15) is 25.3 Å². The second-order valence-electron chi connectivity index (χ2n) is 5.45. The van der Waals surface area contributed by atoms with Crippen LogP contribution < -0.4 is 5.32 Å². The zero-order chi connectivity index (χ0) is 14.7. The molecule has 1 aromatic rings. The number of benzene rings is 1. The molecule has 1 aromatic carbocycles. The van der Waals surface area contributed by atoms with Crippen LogP contribution in [0.5, 0.6) is 0 Å². The van der Waals surface area contributed by atoms with Gasteiger partial charge >= 0.3 is 0 Å². The molecule has 0 aliphatic heterocycles. The van der Waals surface area contributed by atoms with Crippen LogP contribution in [0, 0.1) is 10.1 Å². The molecule has 1 fully saturated rings. The van der Waals surface area contributed by atoms with Crippen LogP contribution in [0.2, 0.25) is 0 Å². The smallest absolute Gasteiger partial charge is 0.270 e. The lowest BCUT2D eigenvalue weighted by molar-refractivity contribution is -0.385. The summed E-state index contributed by atoms with van der Waals surface area (Å²) in [4.78, 5) is 12.9. The Morgan fingerprint density at radius 2 is 2.20 bits per heavy atom. The van der Waals surface area contributed by atoms with E-state index in [2.05, 4.69) is 40.1 Å². The van der Waals surface area contributed by atoms with Crippen molar-refractivity contribution in [3.05, 3.63) is 38.3 Å². The third-order valence-electron chi connectivity index (χ3n) is 3.74. The molecule has 1 aliphatic carbocycles. The Kier molecular flexibility index (Phi) is 5.12. The normalized spacial score (nSPS) is 16.4. The van der Waals surface area contributed by atoms with E-state index < -0.39 is 0 Å². The number of hydrogen-bond acceptors (Lipinski definition) is 4. The zero-order valence-corrected chi connectivity index (χ0v) is 13.4. The molecule has 0 bridgehead atoms. The highest BCUT2D eigenvalue weighted by Crippen LogP contribution is 2.26. The molecule has 110 valence electrons. The molecule has 1 unspecified atom stereocenters. The van der Waals surface area contributed by atoms with E-state index in [1.54, 1.807) is 6.07 Å². The van der Waals surface area contributed by atoms with Gasteiger partial charge in [-0.25, -0.2) is 0 Å². The summed E-state index contributed by atoms with van der Waals surface area (Å²) in [5.41, 5.74) is 1.05. The average Bonchev–Trinajstić information content (AvgIpc) is 3.21. The standard InChI is InChI=1S/C14H20BrN3O2/c1-10(17(2)13-3-4-13)8-16-9-11-5-12(15)7-14(6-11)18(19)20/h5-7,10,13,16H,3-4,8-9H2,1-2H3. The maximum absolute atomic E-state index is 10.8. The van der Waals surface area contributed by atoms with Gasteiger partial charge < -0.3 is 5.32 Å². The van der Waals surface area contributed by atoms with Gasteiger partial charge in [0.1, 0.15) is 0 Å². The van der Waals surface area contributed by atoms with Crippen molar-refractivity contribution >= 4 is 21.6 Å². The third-order valence-corrected chi connectivity index (χ3v) is 4.20. The molecule has 6 heteroatoms. The maximum atomic E-state index is 10.8. The van der Waals surface area contributed by atoms with E-state index in [-0.39, 0.29) is 10.6 Å². The molecule has 5 nitrogen and oxygen atoms in total. The molecule has 1 atom stereocenters. The van der Waals surface area contributed by atoms with Crippen molar-refractivity contribution in [2.45, 2.75) is 38.4 Å². The topological polar surface area (TPSA) is 58.4 Å². The van der Waals surface area contributed by atoms with Gasteiger partial charge in [0.05, 0.1) is 4.92 Å². The van der Waals surface area contributed by atoms with Gasteiger partial charge in [-0.2, -0.15) is 0 Å². The lowest BCUT2D eigenvalue weighted by Crippen LogP contribution is -2.38. The summed E-state index contributed by atoms with van der Waals surface area (Å²) in [5.74, 6) is 0. The van der Waals surface area contributed by atoms with E-state index in [1.807, 2.05) is 6.07 Å². The molecular formula is C14H20BrN3O2. The van der Waals surface area contributed by atoms with Gasteiger partial charge in [0.2, 0.25) is 0 Å². The summed E-state index contributed by atoms with van der Waals surface area (Å²) >= 11 is 3.31. The van der Waals surface area contributed by atoms with Gasteiger partial charge in [0, 0.05) is 41.8 Å². The van der Waals surface area contributed by atoms with E-state index in [1.165, 1.54) is 18.9 Å². The van der Waals surface area contributed by atoms with Crippen LogP contribution in [0.25, 0.3) is 0 Å². The lowest BCUT2D eigenvalue weighted by Gasteiger charge is -2.24. The number of nitro benzene ring substituents is 1. The number of non-ortho nitro benzene ring substituents is 1. The highest BCUT2D eigenvalue weighted by molar-refractivity contribution is 9.10. The molecule has 0 radical (unpaired) electrons. The molecule has 0 heterocycles. The minimum Gasteiger partial charge on any atom is -0.311 e. The zero-order valence-electron chi connectivity index (χ0n) is 11.8. The van der Waals surface area contributed by atoms with Crippen LogP contribution in [0.3, 0.4) is 0 Å². The highest BCUT2D eigenvalue weighted by Gasteiger charge is 2.28. The second-order valence-corrected chi connectivity index (χ2v) is 6.37. The van der Waals surface area contributed by atoms with Crippen molar-refractivity contribution in [2.75, 3.05) is 13.6 Å². The third kappa shape index (κ3) is 4.26. The van der Waals surface area contributed by atoms with Crippen molar-refractivity contribution in [1.82, 2.24) is 10.2 Å². The summed E-state index contributed by atoms with van der Waals surface area (Å²) in [7, 11) is 2.16. The van der Waals surface area contributed by atoms with E-state index in [9.17, 15) is 10.1 Å². The SMILES string of the molecule is CC(CNCc1cc(Br)cc([N+](=O)[O-])c1)N(C)C1CC1.